The maximum absolute atomic E-state index is 12.2. The summed E-state index contributed by atoms with van der Waals surface area (Å²) in [6.07, 6.45) is 4.56. The summed E-state index contributed by atoms with van der Waals surface area (Å²) in [4.78, 5) is 12.2. The fraction of sp³-hybridized carbons (Fsp3) is 0.500. The zero-order valence-corrected chi connectivity index (χ0v) is 14.4. The van der Waals surface area contributed by atoms with Crippen molar-refractivity contribution in [2.24, 2.45) is 5.92 Å². The van der Waals surface area contributed by atoms with E-state index in [1.165, 1.54) is 12.8 Å². The molecule has 1 aromatic rings. The van der Waals surface area contributed by atoms with Crippen molar-refractivity contribution in [3.05, 3.63) is 33.3 Å². The van der Waals surface area contributed by atoms with Crippen molar-refractivity contribution < 1.29 is 4.79 Å². The lowest BCUT2D eigenvalue weighted by Crippen LogP contribution is -2.38. The van der Waals surface area contributed by atoms with Gasteiger partial charge in [0.25, 0.3) is 5.91 Å². The number of carbonyl (C=O) groups excluding carboxylic acids is 1. The smallest absolute Gasteiger partial charge is 0.252 e. The van der Waals surface area contributed by atoms with Crippen LogP contribution in [0.1, 0.15) is 36.0 Å². The highest BCUT2D eigenvalue weighted by Crippen LogP contribution is 2.27. The molecule has 2 rings (SSSR count). The molecule has 1 aromatic carbocycles. The molecule has 1 aliphatic rings. The monoisotopic (exact) mass is 407 g/mol. The summed E-state index contributed by atoms with van der Waals surface area (Å²) < 4.78 is 0.741. The van der Waals surface area contributed by atoms with E-state index in [-0.39, 0.29) is 11.9 Å². The Morgan fingerprint density at radius 2 is 2.21 bits per heavy atom. The molecule has 0 heterocycles. The second-order valence-corrected chi connectivity index (χ2v) is 6.92. The van der Waals surface area contributed by atoms with Gasteiger partial charge in [0.2, 0.25) is 0 Å². The van der Waals surface area contributed by atoms with E-state index in [9.17, 15) is 4.79 Å². The fourth-order valence-electron chi connectivity index (χ4n) is 2.50. The zero-order chi connectivity index (χ0) is 13.8. The summed E-state index contributed by atoms with van der Waals surface area (Å²) in [7, 11) is 0. The summed E-state index contributed by atoms with van der Waals surface area (Å²) in [5, 5.41) is 4.77. The first-order valence-electron chi connectivity index (χ1n) is 6.42. The Morgan fingerprint density at radius 1 is 1.42 bits per heavy atom. The van der Waals surface area contributed by atoms with Gasteiger partial charge in [-0.05, 0) is 59.3 Å². The van der Waals surface area contributed by atoms with Gasteiger partial charge < -0.3 is 5.32 Å². The van der Waals surface area contributed by atoms with Crippen LogP contribution in [0, 0.1) is 5.92 Å². The van der Waals surface area contributed by atoms with E-state index in [0.717, 1.165) is 22.6 Å². The van der Waals surface area contributed by atoms with E-state index in [1.54, 1.807) is 18.2 Å². The standard InChI is InChI=1S/C14H16Br2ClNO/c15-8-9-2-1-3-11(6-9)18-14(19)12-5-4-10(17)7-13(12)16/h4-5,7,9,11H,1-3,6,8H2,(H,18,19). The summed E-state index contributed by atoms with van der Waals surface area (Å²) in [6.45, 7) is 0. The number of alkyl halides is 1. The first-order valence-corrected chi connectivity index (χ1v) is 8.71. The predicted octanol–water partition coefficient (Wildman–Crippen LogP) is 4.79. The molecule has 1 aliphatic carbocycles. The van der Waals surface area contributed by atoms with Crippen LogP contribution in [-0.4, -0.2) is 17.3 Å². The third kappa shape index (κ3) is 4.20. The van der Waals surface area contributed by atoms with Crippen molar-refractivity contribution in [2.75, 3.05) is 5.33 Å². The SMILES string of the molecule is O=C(NC1CCCC(CBr)C1)c1ccc(Cl)cc1Br. The molecule has 2 nitrogen and oxygen atoms in total. The Bertz CT molecular complexity index is 467. The normalized spacial score (nSPS) is 23.1. The molecule has 0 spiro atoms. The van der Waals surface area contributed by atoms with Crippen LogP contribution >= 0.6 is 43.5 Å². The minimum absolute atomic E-state index is 0.0243. The Balaban J connectivity index is 2.00. The number of rotatable bonds is 3. The van der Waals surface area contributed by atoms with Crippen molar-refractivity contribution >= 4 is 49.4 Å². The Labute approximate surface area is 135 Å². The third-order valence-corrected chi connectivity index (χ3v) is 5.32. The lowest BCUT2D eigenvalue weighted by Gasteiger charge is -2.28. The number of halogens is 3. The van der Waals surface area contributed by atoms with Crippen molar-refractivity contribution in [3.63, 3.8) is 0 Å². The van der Waals surface area contributed by atoms with Crippen LogP contribution in [-0.2, 0) is 0 Å². The van der Waals surface area contributed by atoms with Gasteiger partial charge in [-0.1, -0.05) is 34.0 Å². The van der Waals surface area contributed by atoms with E-state index in [0.29, 0.717) is 16.5 Å². The maximum atomic E-state index is 12.2. The zero-order valence-electron chi connectivity index (χ0n) is 10.5. The Kier molecular flexibility index (Phi) is 5.72. The molecule has 104 valence electrons. The largest absolute Gasteiger partial charge is 0.349 e. The van der Waals surface area contributed by atoms with Crippen molar-refractivity contribution in [2.45, 2.75) is 31.7 Å². The van der Waals surface area contributed by atoms with Gasteiger partial charge in [-0.25, -0.2) is 0 Å². The van der Waals surface area contributed by atoms with Gasteiger partial charge in [0.15, 0.2) is 0 Å². The molecule has 2 unspecified atom stereocenters. The van der Waals surface area contributed by atoms with Crippen LogP contribution in [0.2, 0.25) is 5.02 Å². The van der Waals surface area contributed by atoms with Gasteiger partial charge in [-0.2, -0.15) is 0 Å². The van der Waals surface area contributed by atoms with Gasteiger partial charge in [0.1, 0.15) is 0 Å². The molecule has 1 amide bonds. The van der Waals surface area contributed by atoms with Gasteiger partial charge in [-0.15, -0.1) is 0 Å². The van der Waals surface area contributed by atoms with Crippen LogP contribution in [0.3, 0.4) is 0 Å². The molecular formula is C14H16Br2ClNO. The molecule has 1 saturated carbocycles. The Hall–Kier alpha value is -0.0600. The first kappa shape index (κ1) is 15.3. The van der Waals surface area contributed by atoms with E-state index in [2.05, 4.69) is 37.2 Å². The quantitative estimate of drug-likeness (QED) is 0.715. The molecule has 0 radical (unpaired) electrons. The molecule has 0 saturated heterocycles. The predicted molar refractivity (Wildman–Crippen MR) is 86.2 cm³/mol. The number of hydrogen-bond acceptors (Lipinski definition) is 1. The molecule has 0 aliphatic heterocycles. The topological polar surface area (TPSA) is 29.1 Å². The molecule has 19 heavy (non-hydrogen) atoms. The second-order valence-electron chi connectivity index (χ2n) is 4.98. The van der Waals surface area contributed by atoms with Crippen LogP contribution in [0.5, 0.6) is 0 Å². The number of amides is 1. The van der Waals surface area contributed by atoms with Gasteiger partial charge in [0, 0.05) is 20.9 Å². The van der Waals surface area contributed by atoms with Gasteiger partial charge in [0.05, 0.1) is 5.56 Å². The minimum Gasteiger partial charge on any atom is -0.349 e. The average molecular weight is 410 g/mol. The molecular weight excluding hydrogens is 393 g/mol. The van der Waals surface area contributed by atoms with Crippen molar-refractivity contribution in [1.29, 1.82) is 0 Å². The van der Waals surface area contributed by atoms with Gasteiger partial charge in [-0.3, -0.25) is 4.79 Å². The average Bonchev–Trinajstić information content (AvgIpc) is 2.38. The summed E-state index contributed by atoms with van der Waals surface area (Å²) in [6, 6.07) is 5.53. The highest BCUT2D eigenvalue weighted by molar-refractivity contribution is 9.10. The highest BCUT2D eigenvalue weighted by atomic mass is 79.9. The van der Waals surface area contributed by atoms with Crippen LogP contribution in [0.4, 0.5) is 0 Å². The van der Waals surface area contributed by atoms with E-state index in [1.807, 2.05) is 0 Å². The van der Waals surface area contributed by atoms with Crippen LogP contribution < -0.4 is 5.32 Å². The van der Waals surface area contributed by atoms with E-state index in [4.69, 9.17) is 11.6 Å². The molecule has 0 aromatic heterocycles. The van der Waals surface area contributed by atoms with Crippen molar-refractivity contribution in [3.8, 4) is 0 Å². The molecule has 1 fully saturated rings. The molecule has 2 atom stereocenters. The van der Waals surface area contributed by atoms with E-state index >= 15 is 0 Å². The number of carbonyl (C=O) groups is 1. The van der Waals surface area contributed by atoms with Gasteiger partial charge >= 0.3 is 0 Å². The molecule has 0 bridgehead atoms. The highest BCUT2D eigenvalue weighted by Gasteiger charge is 2.23. The summed E-state index contributed by atoms with van der Waals surface area (Å²) >= 11 is 12.8. The summed E-state index contributed by atoms with van der Waals surface area (Å²) in [5.41, 5.74) is 0.644. The van der Waals surface area contributed by atoms with Crippen LogP contribution in [0.25, 0.3) is 0 Å². The molecule has 1 N–H and O–H groups in total. The van der Waals surface area contributed by atoms with Crippen LogP contribution in [0.15, 0.2) is 22.7 Å². The maximum Gasteiger partial charge on any atom is 0.252 e. The number of hydrogen-bond donors (Lipinski definition) is 1. The Morgan fingerprint density at radius 3 is 2.89 bits per heavy atom. The second kappa shape index (κ2) is 7.09. The summed E-state index contributed by atoms with van der Waals surface area (Å²) in [5.74, 6) is 0.650. The molecule has 5 heteroatoms. The lowest BCUT2D eigenvalue weighted by molar-refractivity contribution is 0.0921. The minimum atomic E-state index is -0.0243. The number of nitrogens with one attached hydrogen (secondary N) is 1. The van der Waals surface area contributed by atoms with Crippen molar-refractivity contribution in [1.82, 2.24) is 5.32 Å². The number of benzene rings is 1. The first-order chi connectivity index (χ1) is 9.10. The van der Waals surface area contributed by atoms with E-state index < -0.39 is 0 Å². The lowest BCUT2D eigenvalue weighted by atomic mass is 9.87. The third-order valence-electron chi connectivity index (χ3n) is 3.51. The fourth-order valence-corrected chi connectivity index (χ4v) is 3.95.